The lowest BCUT2D eigenvalue weighted by Gasteiger charge is -2.11. The topological polar surface area (TPSA) is 81.3 Å². The number of hydrogen-bond donors (Lipinski definition) is 1. The van der Waals surface area contributed by atoms with Gasteiger partial charge in [0.05, 0.1) is 5.39 Å². The van der Waals surface area contributed by atoms with Crippen LogP contribution in [0.3, 0.4) is 0 Å². The Labute approximate surface area is 171 Å². The molecule has 0 saturated heterocycles. The van der Waals surface area contributed by atoms with Gasteiger partial charge < -0.3 is 5.32 Å². The summed E-state index contributed by atoms with van der Waals surface area (Å²) < 4.78 is 2.96. The zero-order valence-corrected chi connectivity index (χ0v) is 17.2. The van der Waals surface area contributed by atoms with E-state index in [9.17, 15) is 9.59 Å². The van der Waals surface area contributed by atoms with Crippen LogP contribution in [0.4, 0.5) is 5.69 Å². The molecule has 0 radical (unpaired) electrons. The molecule has 1 aromatic carbocycles. The van der Waals surface area contributed by atoms with E-state index in [1.807, 2.05) is 32.0 Å². The Morgan fingerprint density at radius 2 is 2.07 bits per heavy atom. The number of carbonyl (C=O) groups excluding carboxylic acids is 1. The summed E-state index contributed by atoms with van der Waals surface area (Å²) in [6.45, 7) is 3.84. The minimum atomic E-state index is -0.439. The molecule has 7 nitrogen and oxygen atoms in total. The molecule has 0 saturated carbocycles. The van der Waals surface area contributed by atoms with Crippen molar-refractivity contribution >= 4 is 38.8 Å². The summed E-state index contributed by atoms with van der Waals surface area (Å²) in [4.78, 5) is 36.3. The Morgan fingerprint density at radius 1 is 1.24 bits per heavy atom. The van der Waals surface area contributed by atoms with Crippen LogP contribution in [0.2, 0.25) is 0 Å². The van der Waals surface area contributed by atoms with E-state index in [1.54, 1.807) is 22.2 Å². The van der Waals surface area contributed by atoms with Crippen molar-refractivity contribution in [2.75, 3.05) is 5.32 Å². The first-order valence-electron chi connectivity index (χ1n) is 9.77. The van der Waals surface area contributed by atoms with Crippen LogP contribution in [-0.4, -0.2) is 25.1 Å². The van der Waals surface area contributed by atoms with Gasteiger partial charge in [-0.05, 0) is 56.7 Å². The first-order chi connectivity index (χ1) is 14.0. The predicted octanol–water partition coefficient (Wildman–Crippen LogP) is 3.24. The van der Waals surface area contributed by atoms with E-state index in [4.69, 9.17) is 0 Å². The molecule has 0 aliphatic heterocycles. The van der Waals surface area contributed by atoms with Crippen molar-refractivity contribution in [3.63, 3.8) is 0 Å². The number of rotatable bonds is 3. The molecule has 29 heavy (non-hydrogen) atoms. The highest BCUT2D eigenvalue weighted by atomic mass is 32.1. The molecule has 0 spiro atoms. The quantitative estimate of drug-likeness (QED) is 0.565. The van der Waals surface area contributed by atoms with Crippen molar-refractivity contribution in [3.05, 3.63) is 56.6 Å². The highest BCUT2D eigenvalue weighted by molar-refractivity contribution is 7.19. The van der Waals surface area contributed by atoms with Crippen LogP contribution in [0.15, 0.2) is 29.3 Å². The number of aryl methyl sites for hydroxylation is 4. The Hall–Kier alpha value is -3.00. The fourth-order valence-electron chi connectivity index (χ4n) is 4.10. The first-order valence-corrected chi connectivity index (χ1v) is 10.6. The zero-order chi connectivity index (χ0) is 20.1. The number of amides is 1. The van der Waals surface area contributed by atoms with Gasteiger partial charge in [0, 0.05) is 10.6 Å². The van der Waals surface area contributed by atoms with Gasteiger partial charge in [-0.15, -0.1) is 11.3 Å². The van der Waals surface area contributed by atoms with Crippen molar-refractivity contribution in [1.82, 2.24) is 19.2 Å². The average Bonchev–Trinajstić information content (AvgIpc) is 3.21. The van der Waals surface area contributed by atoms with Gasteiger partial charge in [0.15, 0.2) is 5.65 Å². The molecule has 3 aromatic heterocycles. The van der Waals surface area contributed by atoms with E-state index in [-0.39, 0.29) is 12.5 Å². The summed E-state index contributed by atoms with van der Waals surface area (Å²) in [5.74, 6) is -0.270. The fraction of sp³-hybridized carbons (Fsp3) is 0.333. The van der Waals surface area contributed by atoms with Crippen LogP contribution in [0.25, 0.3) is 15.9 Å². The van der Waals surface area contributed by atoms with E-state index < -0.39 is 5.69 Å². The molecular formula is C21H21N5O2S. The maximum Gasteiger partial charge on any atom is 0.365 e. The second kappa shape index (κ2) is 6.81. The molecule has 5 rings (SSSR count). The Balaban J connectivity index is 1.52. The van der Waals surface area contributed by atoms with Crippen LogP contribution < -0.4 is 11.0 Å². The molecule has 1 N–H and O–H groups in total. The third-order valence-electron chi connectivity index (χ3n) is 5.51. The lowest BCUT2D eigenvalue weighted by molar-refractivity contribution is -0.117. The standard InChI is InChI=1S/C21H21N5O2S/c1-12-7-8-15(13(2)9-12)23-17(27)10-25-21(28)24-19-18-14-5-3-4-6-16(14)29-20(18)22-11-26(19)25/h7-9,11H,3-6,10H2,1-2H3,(H,23,27). The molecule has 4 aromatic rings. The average molecular weight is 407 g/mol. The van der Waals surface area contributed by atoms with Crippen molar-refractivity contribution < 1.29 is 4.79 Å². The van der Waals surface area contributed by atoms with E-state index in [0.29, 0.717) is 5.65 Å². The van der Waals surface area contributed by atoms with Gasteiger partial charge in [0.1, 0.15) is 17.7 Å². The monoisotopic (exact) mass is 407 g/mol. The molecule has 148 valence electrons. The van der Waals surface area contributed by atoms with E-state index in [1.165, 1.54) is 21.5 Å². The van der Waals surface area contributed by atoms with Crippen molar-refractivity contribution in [2.45, 2.75) is 46.1 Å². The largest absolute Gasteiger partial charge is 0.365 e. The SMILES string of the molecule is Cc1ccc(NC(=O)Cn2c(=O)nc3c4c5c(sc4ncn32)CCCC5)c(C)c1. The molecule has 0 fully saturated rings. The molecular weight excluding hydrogens is 386 g/mol. The minimum Gasteiger partial charge on any atom is -0.324 e. The van der Waals surface area contributed by atoms with Crippen molar-refractivity contribution in [2.24, 2.45) is 0 Å². The van der Waals surface area contributed by atoms with Crippen LogP contribution >= 0.6 is 11.3 Å². The van der Waals surface area contributed by atoms with Gasteiger partial charge in [-0.3, -0.25) is 4.79 Å². The van der Waals surface area contributed by atoms with Crippen LogP contribution in [0, 0.1) is 13.8 Å². The highest BCUT2D eigenvalue weighted by Crippen LogP contribution is 2.36. The molecule has 1 aliphatic carbocycles. The smallest absolute Gasteiger partial charge is 0.324 e. The number of nitrogens with zero attached hydrogens (tertiary/aromatic N) is 4. The Kier molecular flexibility index (Phi) is 4.24. The minimum absolute atomic E-state index is 0.118. The molecule has 1 amide bonds. The number of fused-ring (bicyclic) bond motifs is 5. The normalized spacial score (nSPS) is 13.7. The van der Waals surface area contributed by atoms with Gasteiger partial charge in [-0.25, -0.2) is 19.0 Å². The van der Waals surface area contributed by atoms with Gasteiger partial charge in [-0.1, -0.05) is 17.7 Å². The number of anilines is 1. The van der Waals surface area contributed by atoms with E-state index >= 15 is 0 Å². The summed E-state index contributed by atoms with van der Waals surface area (Å²) in [5.41, 5.74) is 4.29. The molecule has 0 bridgehead atoms. The third-order valence-corrected chi connectivity index (χ3v) is 6.71. The fourth-order valence-corrected chi connectivity index (χ4v) is 5.32. The molecule has 3 heterocycles. The van der Waals surface area contributed by atoms with Crippen LogP contribution in [0.1, 0.15) is 34.4 Å². The Morgan fingerprint density at radius 3 is 2.90 bits per heavy atom. The van der Waals surface area contributed by atoms with Crippen molar-refractivity contribution in [3.8, 4) is 0 Å². The van der Waals surface area contributed by atoms with Gasteiger partial charge >= 0.3 is 5.69 Å². The maximum atomic E-state index is 12.6. The molecule has 8 heteroatoms. The lowest BCUT2D eigenvalue weighted by atomic mass is 9.97. The number of carbonyl (C=O) groups is 1. The number of nitrogens with one attached hydrogen (secondary N) is 1. The summed E-state index contributed by atoms with van der Waals surface area (Å²) in [7, 11) is 0. The van der Waals surface area contributed by atoms with E-state index in [2.05, 4.69) is 15.3 Å². The van der Waals surface area contributed by atoms with Crippen molar-refractivity contribution in [1.29, 1.82) is 0 Å². The van der Waals surface area contributed by atoms with E-state index in [0.717, 1.165) is 46.3 Å². The second-order valence-electron chi connectivity index (χ2n) is 7.62. The molecule has 0 unspecified atom stereocenters. The number of benzene rings is 1. The summed E-state index contributed by atoms with van der Waals surface area (Å²) in [6, 6.07) is 5.84. The summed E-state index contributed by atoms with van der Waals surface area (Å²) >= 11 is 1.69. The molecule has 1 aliphatic rings. The van der Waals surface area contributed by atoms with Crippen LogP contribution in [0.5, 0.6) is 0 Å². The first kappa shape index (κ1) is 18.1. The third kappa shape index (κ3) is 3.04. The number of thiophene rings is 1. The second-order valence-corrected chi connectivity index (χ2v) is 8.71. The van der Waals surface area contributed by atoms with Gasteiger partial charge in [0.25, 0.3) is 0 Å². The highest BCUT2D eigenvalue weighted by Gasteiger charge is 2.22. The number of aromatic nitrogens is 4. The van der Waals surface area contributed by atoms with Gasteiger partial charge in [0.2, 0.25) is 5.91 Å². The Bertz CT molecular complexity index is 1330. The zero-order valence-electron chi connectivity index (χ0n) is 16.4. The predicted molar refractivity (Wildman–Crippen MR) is 114 cm³/mol. The molecule has 0 atom stereocenters. The van der Waals surface area contributed by atoms with Crippen LogP contribution in [-0.2, 0) is 24.2 Å². The maximum absolute atomic E-state index is 12.6. The lowest BCUT2D eigenvalue weighted by Crippen LogP contribution is -2.28. The summed E-state index contributed by atoms with van der Waals surface area (Å²) in [5, 5.41) is 3.86. The number of hydrogen-bond acceptors (Lipinski definition) is 5. The van der Waals surface area contributed by atoms with Gasteiger partial charge in [-0.2, -0.15) is 4.98 Å². The summed E-state index contributed by atoms with van der Waals surface area (Å²) in [6.07, 6.45) is 5.98.